The van der Waals surface area contributed by atoms with Crippen molar-refractivity contribution in [2.75, 3.05) is 26.2 Å². The van der Waals surface area contributed by atoms with E-state index in [1.807, 2.05) is 24.3 Å². The molecule has 3 nitrogen and oxygen atoms in total. The van der Waals surface area contributed by atoms with E-state index in [4.69, 9.17) is 4.74 Å². The van der Waals surface area contributed by atoms with Gasteiger partial charge in [0.05, 0.1) is 0 Å². The molecule has 0 aliphatic carbocycles. The molecule has 31 heavy (non-hydrogen) atoms. The van der Waals surface area contributed by atoms with Crippen LogP contribution in [-0.4, -0.2) is 36.2 Å². The third-order valence-electron chi connectivity index (χ3n) is 5.63. The van der Waals surface area contributed by atoms with Crippen LogP contribution in [0.2, 0.25) is 0 Å². The molecule has 0 bridgehead atoms. The molecule has 0 aliphatic heterocycles. The highest BCUT2D eigenvalue weighted by atomic mass is 16.5. The third-order valence-corrected chi connectivity index (χ3v) is 5.63. The first-order chi connectivity index (χ1) is 15.2. The lowest BCUT2D eigenvalue weighted by atomic mass is 9.88. The van der Waals surface area contributed by atoms with Gasteiger partial charge in [0, 0.05) is 6.54 Å². The summed E-state index contributed by atoms with van der Waals surface area (Å²) in [7, 11) is 0. The number of likely N-dealkylation sites (N-methyl/N-ethyl adjacent to an activating group) is 1. The molecule has 0 heterocycles. The summed E-state index contributed by atoms with van der Waals surface area (Å²) in [6, 6.07) is 26.3. The topological polar surface area (TPSA) is 32.7 Å². The van der Waals surface area contributed by atoms with Crippen LogP contribution in [0, 0.1) is 0 Å². The molecule has 3 aromatic carbocycles. The predicted molar refractivity (Wildman–Crippen MR) is 130 cm³/mol. The van der Waals surface area contributed by atoms with Crippen LogP contribution in [0.4, 0.5) is 0 Å². The van der Waals surface area contributed by atoms with Gasteiger partial charge in [0.25, 0.3) is 0 Å². The minimum atomic E-state index is 0.273. The zero-order valence-corrected chi connectivity index (χ0v) is 18.8. The van der Waals surface area contributed by atoms with E-state index < -0.39 is 0 Å². The van der Waals surface area contributed by atoms with Gasteiger partial charge in [0.2, 0.25) is 0 Å². The monoisotopic (exact) mass is 415 g/mol. The van der Waals surface area contributed by atoms with Crippen LogP contribution in [0.15, 0.2) is 78.9 Å². The van der Waals surface area contributed by atoms with Crippen LogP contribution in [0.1, 0.15) is 43.9 Å². The van der Waals surface area contributed by atoms with Crippen LogP contribution in [0.3, 0.4) is 0 Å². The lowest BCUT2D eigenvalue weighted by Gasteiger charge is -2.19. The van der Waals surface area contributed by atoms with Crippen LogP contribution >= 0.6 is 0 Å². The SMILES string of the molecule is CC/C(=C(\c1ccc(O)cc1)c1cccc(OCCN(CC)CC)c1)c1ccccc1. The zero-order chi connectivity index (χ0) is 22.1. The van der Waals surface area contributed by atoms with Gasteiger partial charge >= 0.3 is 0 Å². The summed E-state index contributed by atoms with van der Waals surface area (Å²) in [5.41, 5.74) is 5.85. The number of benzene rings is 3. The van der Waals surface area contributed by atoms with Crippen molar-refractivity contribution in [2.45, 2.75) is 27.2 Å². The first-order valence-corrected chi connectivity index (χ1v) is 11.2. The van der Waals surface area contributed by atoms with E-state index in [2.05, 4.69) is 68.1 Å². The largest absolute Gasteiger partial charge is 0.508 e. The molecule has 3 aromatic rings. The van der Waals surface area contributed by atoms with Crippen molar-refractivity contribution < 1.29 is 9.84 Å². The van der Waals surface area contributed by atoms with Gasteiger partial charge < -0.3 is 14.7 Å². The number of allylic oxidation sites excluding steroid dienone is 1. The average molecular weight is 416 g/mol. The van der Waals surface area contributed by atoms with Gasteiger partial charge in [-0.05, 0) is 71.6 Å². The Labute approximate surface area is 186 Å². The van der Waals surface area contributed by atoms with Crippen molar-refractivity contribution in [3.05, 3.63) is 95.6 Å². The molecule has 0 unspecified atom stereocenters. The lowest BCUT2D eigenvalue weighted by molar-refractivity contribution is 0.223. The quantitative estimate of drug-likeness (QED) is 0.385. The predicted octanol–water partition coefficient (Wildman–Crippen LogP) is 6.48. The van der Waals surface area contributed by atoms with Crippen molar-refractivity contribution in [1.82, 2.24) is 4.90 Å². The Balaban J connectivity index is 2.00. The molecule has 0 saturated heterocycles. The van der Waals surface area contributed by atoms with Crippen molar-refractivity contribution in [3.8, 4) is 11.5 Å². The number of phenols is 1. The van der Waals surface area contributed by atoms with Gasteiger partial charge in [-0.1, -0.05) is 75.4 Å². The minimum absolute atomic E-state index is 0.273. The van der Waals surface area contributed by atoms with Crippen molar-refractivity contribution in [1.29, 1.82) is 0 Å². The molecule has 3 heteroatoms. The lowest BCUT2D eigenvalue weighted by Crippen LogP contribution is -2.27. The molecule has 3 rings (SSSR count). The summed E-state index contributed by atoms with van der Waals surface area (Å²) >= 11 is 0. The van der Waals surface area contributed by atoms with Crippen LogP contribution < -0.4 is 4.74 Å². The number of phenolic OH excluding ortho intramolecular Hbond substituents is 1. The summed E-state index contributed by atoms with van der Waals surface area (Å²) in [6.45, 7) is 10.2. The highest BCUT2D eigenvalue weighted by Gasteiger charge is 2.14. The van der Waals surface area contributed by atoms with Gasteiger partial charge in [0.15, 0.2) is 0 Å². The number of ether oxygens (including phenoxy) is 1. The standard InChI is InChI=1S/C28H33NO2/c1-4-27(22-11-8-7-9-12-22)28(23-15-17-25(30)18-16-23)24-13-10-14-26(21-24)31-20-19-29(5-2)6-3/h7-18,21,30H,4-6,19-20H2,1-3H3/b28-27-. The first-order valence-electron chi connectivity index (χ1n) is 11.2. The molecule has 0 amide bonds. The number of hydrogen-bond acceptors (Lipinski definition) is 3. The average Bonchev–Trinajstić information content (AvgIpc) is 2.82. The fourth-order valence-corrected chi connectivity index (χ4v) is 3.88. The molecule has 0 saturated carbocycles. The van der Waals surface area contributed by atoms with Gasteiger partial charge in [0.1, 0.15) is 18.1 Å². The molecule has 162 valence electrons. The Hall–Kier alpha value is -3.04. The fraction of sp³-hybridized carbons (Fsp3) is 0.286. The van der Waals surface area contributed by atoms with Gasteiger partial charge in [-0.25, -0.2) is 0 Å². The summed E-state index contributed by atoms with van der Waals surface area (Å²) < 4.78 is 6.10. The van der Waals surface area contributed by atoms with E-state index in [-0.39, 0.29) is 5.75 Å². The van der Waals surface area contributed by atoms with Crippen LogP contribution in [0.5, 0.6) is 11.5 Å². The maximum Gasteiger partial charge on any atom is 0.119 e. The highest BCUT2D eigenvalue weighted by Crippen LogP contribution is 2.36. The van der Waals surface area contributed by atoms with Gasteiger partial charge in [-0.2, -0.15) is 0 Å². The molecule has 0 atom stereocenters. The Morgan fingerprint density at radius 1 is 0.774 bits per heavy atom. The summed E-state index contributed by atoms with van der Waals surface area (Å²) in [6.07, 6.45) is 0.896. The molecule has 0 aliphatic rings. The molecular formula is C28H33NO2. The normalized spacial score (nSPS) is 12.0. The van der Waals surface area contributed by atoms with E-state index in [1.165, 1.54) is 16.7 Å². The Morgan fingerprint density at radius 3 is 2.10 bits per heavy atom. The molecule has 0 spiro atoms. The Kier molecular flexibility index (Phi) is 8.31. The molecule has 1 N–H and O–H groups in total. The van der Waals surface area contributed by atoms with Crippen molar-refractivity contribution in [3.63, 3.8) is 0 Å². The highest BCUT2D eigenvalue weighted by molar-refractivity contribution is 5.98. The maximum atomic E-state index is 9.81. The summed E-state index contributed by atoms with van der Waals surface area (Å²) in [5.74, 6) is 1.15. The number of rotatable bonds is 10. The molecule has 0 fully saturated rings. The Morgan fingerprint density at radius 2 is 1.45 bits per heavy atom. The second kappa shape index (κ2) is 11.4. The molecular weight excluding hydrogens is 382 g/mol. The van der Waals surface area contributed by atoms with Crippen LogP contribution in [0.25, 0.3) is 11.1 Å². The second-order valence-electron chi connectivity index (χ2n) is 7.52. The Bertz CT molecular complexity index is 973. The first kappa shape index (κ1) is 22.6. The number of nitrogens with zero attached hydrogens (tertiary/aromatic N) is 1. The van der Waals surface area contributed by atoms with E-state index in [1.54, 1.807) is 12.1 Å². The van der Waals surface area contributed by atoms with Crippen molar-refractivity contribution in [2.24, 2.45) is 0 Å². The van der Waals surface area contributed by atoms with E-state index >= 15 is 0 Å². The van der Waals surface area contributed by atoms with E-state index in [9.17, 15) is 5.11 Å². The zero-order valence-electron chi connectivity index (χ0n) is 18.8. The maximum absolute atomic E-state index is 9.81. The van der Waals surface area contributed by atoms with Crippen LogP contribution in [-0.2, 0) is 0 Å². The fourth-order valence-electron chi connectivity index (χ4n) is 3.88. The second-order valence-corrected chi connectivity index (χ2v) is 7.52. The smallest absolute Gasteiger partial charge is 0.119 e. The third kappa shape index (κ3) is 5.99. The minimum Gasteiger partial charge on any atom is -0.508 e. The number of hydrogen-bond donors (Lipinski definition) is 1. The van der Waals surface area contributed by atoms with Gasteiger partial charge in [-0.3, -0.25) is 0 Å². The molecule has 0 radical (unpaired) electrons. The molecule has 0 aromatic heterocycles. The summed E-state index contributed by atoms with van der Waals surface area (Å²) in [4.78, 5) is 2.36. The summed E-state index contributed by atoms with van der Waals surface area (Å²) in [5, 5.41) is 9.81. The number of aromatic hydroxyl groups is 1. The van der Waals surface area contributed by atoms with Crippen molar-refractivity contribution >= 4 is 11.1 Å². The van der Waals surface area contributed by atoms with E-state index in [0.717, 1.165) is 42.9 Å². The van der Waals surface area contributed by atoms with E-state index in [0.29, 0.717) is 6.61 Å². The van der Waals surface area contributed by atoms with Gasteiger partial charge in [-0.15, -0.1) is 0 Å².